The van der Waals surface area contributed by atoms with Crippen LogP contribution >= 0.6 is 11.3 Å². The van der Waals surface area contributed by atoms with Gasteiger partial charge in [-0.15, -0.1) is 11.3 Å². The Bertz CT molecular complexity index is 1250. The molecular weight excluding hydrogens is 495 g/mol. The number of anilines is 1. The van der Waals surface area contributed by atoms with Crippen molar-refractivity contribution in [2.24, 2.45) is 5.73 Å². The number of aromatic nitrogens is 3. The minimum absolute atomic E-state index is 0.245. The van der Waals surface area contributed by atoms with Crippen LogP contribution in [0.1, 0.15) is 43.1 Å². The van der Waals surface area contributed by atoms with Gasteiger partial charge in [0.05, 0.1) is 18.0 Å². The Balaban J connectivity index is 0.000000231. The zero-order chi connectivity index (χ0) is 26.6. The molecule has 1 atom stereocenters. The third kappa shape index (κ3) is 8.57. The second-order valence-electron chi connectivity index (χ2n) is 8.21. The molecule has 11 heteroatoms. The monoisotopic (exact) mass is 526 g/mol. The van der Waals surface area contributed by atoms with E-state index in [-0.39, 0.29) is 12.0 Å². The zero-order valence-corrected chi connectivity index (χ0v) is 21.6. The average molecular weight is 527 g/mol. The largest absolute Gasteiger partial charge is 0.464 e. The van der Waals surface area contributed by atoms with E-state index in [4.69, 9.17) is 10.5 Å². The van der Waals surface area contributed by atoms with Crippen molar-refractivity contribution < 1.29 is 18.7 Å². The lowest BCUT2D eigenvalue weighted by atomic mass is 10.0. The number of ether oxygens (including phenoxy) is 1. The van der Waals surface area contributed by atoms with Crippen LogP contribution in [-0.2, 0) is 20.9 Å². The minimum atomic E-state index is -0.424. The normalized spacial score (nSPS) is 16.4. The van der Waals surface area contributed by atoms with Crippen LogP contribution in [0.4, 0.5) is 9.52 Å². The van der Waals surface area contributed by atoms with Gasteiger partial charge in [-0.25, -0.2) is 14.8 Å². The first-order valence-electron chi connectivity index (χ1n) is 11.9. The molecule has 1 unspecified atom stereocenters. The summed E-state index contributed by atoms with van der Waals surface area (Å²) in [4.78, 5) is 29.9. The SMILES string of the molecule is CCOC(=O)C1CCC/C(=C(N)\C=C\c2csc(NC=O)n2)N1.Cc1cccn1Cc1ccnc(F)c1. The molecule has 1 aliphatic heterocycles. The molecule has 4 heterocycles. The van der Waals surface area contributed by atoms with Gasteiger partial charge in [-0.3, -0.25) is 4.79 Å². The topological polar surface area (TPSA) is 124 Å². The lowest BCUT2D eigenvalue weighted by Crippen LogP contribution is -2.41. The number of carbonyl (C=O) groups excluding carboxylic acids is 2. The van der Waals surface area contributed by atoms with E-state index in [1.165, 1.54) is 29.3 Å². The van der Waals surface area contributed by atoms with E-state index in [2.05, 4.69) is 25.2 Å². The molecule has 3 aromatic rings. The van der Waals surface area contributed by atoms with Crippen LogP contribution in [0.3, 0.4) is 0 Å². The number of thiazole rings is 1. The maximum absolute atomic E-state index is 12.8. The molecule has 4 rings (SSSR count). The van der Waals surface area contributed by atoms with Crippen LogP contribution in [0.15, 0.2) is 59.5 Å². The van der Waals surface area contributed by atoms with Crippen LogP contribution in [-0.4, -0.2) is 39.6 Å². The number of rotatable bonds is 8. The van der Waals surface area contributed by atoms with Crippen LogP contribution in [0.25, 0.3) is 6.08 Å². The van der Waals surface area contributed by atoms with Gasteiger partial charge in [-0.1, -0.05) is 0 Å². The number of amides is 1. The molecule has 0 aliphatic carbocycles. The van der Waals surface area contributed by atoms with Crippen LogP contribution in [0.5, 0.6) is 0 Å². The molecule has 3 aromatic heterocycles. The van der Waals surface area contributed by atoms with Crippen molar-refractivity contribution in [2.75, 3.05) is 11.9 Å². The molecule has 1 fully saturated rings. The Labute approximate surface area is 219 Å². The summed E-state index contributed by atoms with van der Waals surface area (Å²) >= 11 is 1.33. The summed E-state index contributed by atoms with van der Waals surface area (Å²) in [6, 6.07) is 6.94. The van der Waals surface area contributed by atoms with Crippen molar-refractivity contribution in [2.45, 2.75) is 45.7 Å². The highest BCUT2D eigenvalue weighted by molar-refractivity contribution is 7.14. The van der Waals surface area contributed by atoms with Crippen molar-refractivity contribution >= 4 is 34.9 Å². The van der Waals surface area contributed by atoms with E-state index in [9.17, 15) is 14.0 Å². The fraction of sp³-hybridized carbons (Fsp3) is 0.308. The number of hydrogen-bond donors (Lipinski definition) is 3. The number of nitrogens with one attached hydrogen (secondary N) is 2. The highest BCUT2D eigenvalue weighted by Crippen LogP contribution is 2.20. The number of aryl methyl sites for hydroxylation is 1. The Morgan fingerprint density at radius 1 is 1.43 bits per heavy atom. The lowest BCUT2D eigenvalue weighted by molar-refractivity contribution is -0.145. The van der Waals surface area contributed by atoms with E-state index >= 15 is 0 Å². The summed E-state index contributed by atoms with van der Waals surface area (Å²) in [5.41, 5.74) is 10.3. The van der Waals surface area contributed by atoms with Crippen molar-refractivity contribution in [1.29, 1.82) is 0 Å². The first-order chi connectivity index (χ1) is 17.9. The van der Waals surface area contributed by atoms with Crippen molar-refractivity contribution in [3.05, 3.63) is 82.4 Å². The highest BCUT2D eigenvalue weighted by Gasteiger charge is 2.24. The fourth-order valence-electron chi connectivity index (χ4n) is 3.65. The quantitative estimate of drug-likeness (QED) is 0.230. The number of hydrogen-bond acceptors (Lipinski definition) is 8. The van der Waals surface area contributed by atoms with E-state index in [0.29, 0.717) is 36.1 Å². The predicted molar refractivity (Wildman–Crippen MR) is 142 cm³/mol. The minimum Gasteiger partial charge on any atom is -0.464 e. The van der Waals surface area contributed by atoms with Gasteiger partial charge in [0.25, 0.3) is 0 Å². The van der Waals surface area contributed by atoms with Gasteiger partial charge in [0, 0.05) is 35.7 Å². The molecule has 37 heavy (non-hydrogen) atoms. The van der Waals surface area contributed by atoms with Gasteiger partial charge < -0.3 is 25.7 Å². The van der Waals surface area contributed by atoms with Gasteiger partial charge in [0.2, 0.25) is 12.4 Å². The molecular formula is C26H31FN6O3S. The van der Waals surface area contributed by atoms with Gasteiger partial charge >= 0.3 is 5.97 Å². The maximum Gasteiger partial charge on any atom is 0.328 e. The number of carbonyl (C=O) groups is 2. The van der Waals surface area contributed by atoms with Gasteiger partial charge in [0.1, 0.15) is 6.04 Å². The number of allylic oxidation sites excluding steroid dienone is 2. The van der Waals surface area contributed by atoms with Crippen molar-refractivity contribution in [1.82, 2.24) is 19.9 Å². The molecule has 0 radical (unpaired) electrons. The van der Waals surface area contributed by atoms with E-state index in [1.807, 2.05) is 36.7 Å². The first kappa shape index (κ1) is 27.6. The average Bonchev–Trinajstić information content (AvgIpc) is 3.52. The van der Waals surface area contributed by atoms with Crippen LogP contribution < -0.4 is 16.4 Å². The second kappa shape index (κ2) is 13.9. The summed E-state index contributed by atoms with van der Waals surface area (Å²) < 4.78 is 19.9. The van der Waals surface area contributed by atoms with Crippen molar-refractivity contribution in [3.63, 3.8) is 0 Å². The number of esters is 1. The van der Waals surface area contributed by atoms with Crippen LogP contribution in [0, 0.1) is 12.9 Å². The molecule has 4 N–H and O–H groups in total. The predicted octanol–water partition coefficient (Wildman–Crippen LogP) is 3.98. The fourth-order valence-corrected chi connectivity index (χ4v) is 4.29. The summed E-state index contributed by atoms with van der Waals surface area (Å²) in [5.74, 6) is -0.669. The second-order valence-corrected chi connectivity index (χ2v) is 9.07. The summed E-state index contributed by atoms with van der Waals surface area (Å²) in [6.45, 7) is 4.87. The van der Waals surface area contributed by atoms with Gasteiger partial charge in [-0.05, 0) is 75.1 Å². The Hall–Kier alpha value is -3.99. The molecule has 0 aromatic carbocycles. The zero-order valence-electron chi connectivity index (χ0n) is 20.8. The molecule has 1 saturated heterocycles. The number of nitrogens with two attached hydrogens (primary N) is 1. The molecule has 1 amide bonds. The molecule has 0 bridgehead atoms. The number of pyridine rings is 1. The van der Waals surface area contributed by atoms with E-state index < -0.39 is 5.95 Å². The van der Waals surface area contributed by atoms with Gasteiger partial charge in [-0.2, -0.15) is 4.39 Å². The number of piperidine rings is 1. The molecule has 0 spiro atoms. The first-order valence-corrected chi connectivity index (χ1v) is 12.7. The third-order valence-corrected chi connectivity index (χ3v) is 6.32. The summed E-state index contributed by atoms with van der Waals surface area (Å²) in [5, 5.41) is 7.99. The smallest absolute Gasteiger partial charge is 0.328 e. The van der Waals surface area contributed by atoms with Crippen molar-refractivity contribution in [3.8, 4) is 0 Å². The van der Waals surface area contributed by atoms with Crippen LogP contribution in [0.2, 0.25) is 0 Å². The Kier molecular flexibility index (Phi) is 10.4. The maximum atomic E-state index is 12.8. The molecule has 1 aliphatic rings. The standard InChI is InChI=1S/C15H20N4O3S.C11H11FN2/c1-2-22-14(21)13-5-3-4-12(19-13)11(16)7-6-10-8-23-15(18-10)17-9-20;1-9-3-2-6-14(9)8-10-4-5-13-11(12)7-10/h6-9,13,19H,2-5,16H2,1H3,(H,17,18,20);2-7H,8H2,1H3/b7-6+,12-11-;. The number of nitrogens with zero attached hydrogens (tertiary/aromatic N) is 3. The third-order valence-electron chi connectivity index (χ3n) is 5.53. The van der Waals surface area contributed by atoms with E-state index in [0.717, 1.165) is 30.5 Å². The number of halogens is 1. The molecule has 196 valence electrons. The molecule has 0 saturated carbocycles. The lowest BCUT2D eigenvalue weighted by Gasteiger charge is -2.26. The summed E-state index contributed by atoms with van der Waals surface area (Å²) in [7, 11) is 0. The Morgan fingerprint density at radius 3 is 2.97 bits per heavy atom. The highest BCUT2D eigenvalue weighted by atomic mass is 32.1. The van der Waals surface area contributed by atoms with E-state index in [1.54, 1.807) is 19.1 Å². The Morgan fingerprint density at radius 2 is 2.27 bits per heavy atom. The van der Waals surface area contributed by atoms with Gasteiger partial charge in [0.15, 0.2) is 5.13 Å². The summed E-state index contributed by atoms with van der Waals surface area (Å²) in [6.07, 6.45) is 9.99. The molecule has 9 nitrogen and oxygen atoms in total.